The van der Waals surface area contributed by atoms with Gasteiger partial charge in [-0.15, -0.1) is 0 Å². The average molecular weight is 426 g/mol. The molecule has 0 aromatic carbocycles. The molecule has 1 amide bonds. The minimum absolute atomic E-state index is 0. The predicted molar refractivity (Wildman–Crippen MR) is 92.4 cm³/mol. The van der Waals surface area contributed by atoms with Crippen LogP contribution in [0.15, 0.2) is 0 Å². The Morgan fingerprint density at radius 1 is 0.864 bits per heavy atom. The van der Waals surface area contributed by atoms with Gasteiger partial charge in [0.15, 0.2) is 0 Å². The van der Waals surface area contributed by atoms with Crippen molar-refractivity contribution >= 4 is 5.91 Å². The summed E-state index contributed by atoms with van der Waals surface area (Å²) in [4.78, 5) is 13.9. The molecule has 0 aliphatic carbocycles. The van der Waals surface area contributed by atoms with E-state index < -0.39 is 0 Å². The van der Waals surface area contributed by atoms with E-state index in [9.17, 15) is 4.79 Å². The van der Waals surface area contributed by atoms with Crippen LogP contribution >= 0.6 is 0 Å². The minimum Gasteiger partial charge on any atom is -1.00 e. The van der Waals surface area contributed by atoms with E-state index in [1.165, 1.54) is 51.4 Å². The topological polar surface area (TPSA) is 20.3 Å². The first-order chi connectivity index (χ1) is 9.87. The van der Waals surface area contributed by atoms with Crippen molar-refractivity contribution in [2.24, 2.45) is 0 Å². The van der Waals surface area contributed by atoms with E-state index in [4.69, 9.17) is 0 Å². The van der Waals surface area contributed by atoms with Gasteiger partial charge in [-0.25, -0.2) is 0 Å². The van der Waals surface area contributed by atoms with Crippen molar-refractivity contribution in [1.82, 2.24) is 4.90 Å². The van der Waals surface area contributed by atoms with Crippen molar-refractivity contribution < 1.29 is 33.3 Å². The van der Waals surface area contributed by atoms with Crippen LogP contribution in [0.3, 0.4) is 0 Å². The Bertz CT molecular complexity index is 264. The normalized spacial score (nSPS) is 11.1. The molecule has 0 saturated heterocycles. The number of rotatable bonds is 13. The Balaban J connectivity index is 0. The van der Waals surface area contributed by atoms with Gasteiger partial charge >= 0.3 is 0 Å². The third-order valence-electron chi connectivity index (χ3n) is 4.03. The summed E-state index contributed by atoms with van der Waals surface area (Å²) in [5, 5.41) is 0. The summed E-state index contributed by atoms with van der Waals surface area (Å²) >= 11 is 0. The lowest BCUT2D eigenvalue weighted by Crippen LogP contribution is -3.00. The standard InChI is InChI=1S/C18H39N2O.HI/c1-6-7-8-9-10-11-12-13-14-15-18(21)19(2)16-17-20(3,4)5;/h6-17H2,1-5H3;1H/q+1;/p-1. The zero-order chi connectivity index (χ0) is 16.1. The monoisotopic (exact) mass is 426 g/mol. The van der Waals surface area contributed by atoms with Crippen LogP contribution in [-0.2, 0) is 4.79 Å². The zero-order valence-corrected chi connectivity index (χ0v) is 17.8. The van der Waals surface area contributed by atoms with Crippen LogP contribution in [0.1, 0.15) is 71.1 Å². The van der Waals surface area contributed by atoms with Crippen molar-refractivity contribution in [1.29, 1.82) is 0 Å². The molecule has 0 unspecified atom stereocenters. The zero-order valence-electron chi connectivity index (χ0n) is 15.7. The second-order valence-electron chi connectivity index (χ2n) is 7.41. The Labute approximate surface area is 156 Å². The van der Waals surface area contributed by atoms with Crippen LogP contribution in [0.5, 0.6) is 0 Å². The second-order valence-corrected chi connectivity index (χ2v) is 7.41. The Morgan fingerprint density at radius 3 is 1.77 bits per heavy atom. The van der Waals surface area contributed by atoms with Crippen LogP contribution in [-0.4, -0.2) is 56.6 Å². The summed E-state index contributed by atoms with van der Waals surface area (Å²) in [7, 11) is 8.43. The largest absolute Gasteiger partial charge is 1.00 e. The van der Waals surface area contributed by atoms with E-state index in [1.54, 1.807) is 0 Å². The van der Waals surface area contributed by atoms with Crippen molar-refractivity contribution in [2.75, 3.05) is 41.3 Å². The average Bonchev–Trinajstić information content (AvgIpc) is 2.41. The van der Waals surface area contributed by atoms with Gasteiger partial charge in [0.05, 0.1) is 34.2 Å². The molecule has 0 aromatic rings. The van der Waals surface area contributed by atoms with Gasteiger partial charge in [-0.05, 0) is 6.42 Å². The van der Waals surface area contributed by atoms with Gasteiger partial charge < -0.3 is 33.4 Å². The van der Waals surface area contributed by atoms with Crippen LogP contribution in [0, 0.1) is 0 Å². The molecular weight excluding hydrogens is 387 g/mol. The third-order valence-corrected chi connectivity index (χ3v) is 4.03. The summed E-state index contributed by atoms with van der Waals surface area (Å²) in [5.41, 5.74) is 0. The molecule has 0 atom stereocenters. The number of quaternary nitrogens is 1. The third kappa shape index (κ3) is 16.5. The van der Waals surface area contributed by atoms with Gasteiger partial charge in [-0.2, -0.15) is 0 Å². The lowest BCUT2D eigenvalue weighted by atomic mass is 10.1. The SMILES string of the molecule is CCCCCCCCCCCC(=O)N(C)CC[N+](C)(C)C.[I-]. The lowest BCUT2D eigenvalue weighted by molar-refractivity contribution is -0.869. The van der Waals surface area contributed by atoms with Crippen LogP contribution in [0.25, 0.3) is 0 Å². The molecule has 0 aromatic heterocycles. The van der Waals surface area contributed by atoms with Gasteiger partial charge in [0.1, 0.15) is 0 Å². The van der Waals surface area contributed by atoms with Gasteiger partial charge in [0, 0.05) is 13.5 Å². The summed E-state index contributed by atoms with van der Waals surface area (Å²) < 4.78 is 0.912. The number of halogens is 1. The maximum Gasteiger partial charge on any atom is 0.222 e. The van der Waals surface area contributed by atoms with Crippen LogP contribution in [0.2, 0.25) is 0 Å². The van der Waals surface area contributed by atoms with Crippen molar-refractivity contribution in [3.05, 3.63) is 0 Å². The Kier molecular flexibility index (Phi) is 16.3. The summed E-state index contributed by atoms with van der Waals surface area (Å²) in [5.74, 6) is 0.311. The van der Waals surface area contributed by atoms with Crippen molar-refractivity contribution in [3.63, 3.8) is 0 Å². The summed E-state index contributed by atoms with van der Waals surface area (Å²) in [6, 6.07) is 0. The second kappa shape index (κ2) is 14.7. The predicted octanol–water partition coefficient (Wildman–Crippen LogP) is 1.08. The molecule has 0 heterocycles. The molecule has 0 radical (unpaired) electrons. The molecule has 0 rings (SSSR count). The first kappa shape index (κ1) is 24.4. The van der Waals surface area contributed by atoms with E-state index in [-0.39, 0.29) is 24.0 Å². The number of amides is 1. The van der Waals surface area contributed by atoms with Gasteiger partial charge in [-0.1, -0.05) is 58.3 Å². The molecule has 0 N–H and O–H groups in total. The maximum atomic E-state index is 12.0. The first-order valence-electron chi connectivity index (χ1n) is 8.91. The smallest absolute Gasteiger partial charge is 0.222 e. The number of likely N-dealkylation sites (N-methyl/N-ethyl adjacent to an activating group) is 2. The fraction of sp³-hybridized carbons (Fsp3) is 0.944. The highest BCUT2D eigenvalue weighted by atomic mass is 127. The molecule has 0 bridgehead atoms. The molecule has 0 saturated carbocycles. The van der Waals surface area contributed by atoms with Crippen molar-refractivity contribution in [3.8, 4) is 0 Å². The fourth-order valence-corrected chi connectivity index (χ4v) is 2.35. The number of unbranched alkanes of at least 4 members (excludes halogenated alkanes) is 8. The molecule has 0 spiro atoms. The van der Waals surface area contributed by atoms with E-state index in [1.807, 2.05) is 11.9 Å². The van der Waals surface area contributed by atoms with Crippen LogP contribution < -0.4 is 24.0 Å². The van der Waals surface area contributed by atoms with E-state index in [0.29, 0.717) is 5.91 Å². The molecule has 3 nitrogen and oxygen atoms in total. The number of hydrogen-bond acceptors (Lipinski definition) is 1. The molecule has 0 aliphatic rings. The minimum atomic E-state index is 0. The van der Waals surface area contributed by atoms with Crippen LogP contribution in [0.4, 0.5) is 0 Å². The van der Waals surface area contributed by atoms with E-state index in [2.05, 4.69) is 28.1 Å². The van der Waals surface area contributed by atoms with Gasteiger partial charge in [0.25, 0.3) is 0 Å². The molecular formula is C18H39IN2O. The Morgan fingerprint density at radius 2 is 1.32 bits per heavy atom. The summed E-state index contributed by atoms with van der Waals surface area (Å²) in [6.45, 7) is 4.13. The number of nitrogens with zero attached hydrogens (tertiary/aromatic N) is 2. The molecule has 0 aliphatic heterocycles. The van der Waals surface area contributed by atoms with Crippen molar-refractivity contribution in [2.45, 2.75) is 71.1 Å². The molecule has 0 fully saturated rings. The van der Waals surface area contributed by atoms with E-state index >= 15 is 0 Å². The van der Waals surface area contributed by atoms with Gasteiger partial charge in [-0.3, -0.25) is 4.79 Å². The summed E-state index contributed by atoms with van der Waals surface area (Å²) in [6.07, 6.45) is 12.5. The fourth-order valence-electron chi connectivity index (χ4n) is 2.35. The van der Waals surface area contributed by atoms with Gasteiger partial charge in [0.2, 0.25) is 5.91 Å². The molecule has 4 heteroatoms. The molecule has 22 heavy (non-hydrogen) atoms. The highest BCUT2D eigenvalue weighted by Gasteiger charge is 2.12. The maximum absolute atomic E-state index is 12.0. The number of carbonyl (C=O) groups is 1. The lowest BCUT2D eigenvalue weighted by Gasteiger charge is -2.27. The first-order valence-corrected chi connectivity index (χ1v) is 8.91. The quantitative estimate of drug-likeness (QED) is 0.245. The highest BCUT2D eigenvalue weighted by molar-refractivity contribution is 5.75. The Hall–Kier alpha value is 0.160. The molecule has 134 valence electrons. The highest BCUT2D eigenvalue weighted by Crippen LogP contribution is 2.11. The number of carbonyl (C=O) groups excluding carboxylic acids is 1. The van der Waals surface area contributed by atoms with E-state index in [0.717, 1.165) is 30.4 Å². The number of hydrogen-bond donors (Lipinski definition) is 0.